The number of rotatable bonds is 6. The first-order valence-corrected chi connectivity index (χ1v) is 10.4. The molecule has 1 saturated heterocycles. The molecule has 1 atom stereocenters. The molecule has 1 aromatic heterocycles. The second-order valence-corrected chi connectivity index (χ2v) is 9.24. The van der Waals surface area contributed by atoms with Crippen LogP contribution in [0, 0.1) is 11.3 Å². The van der Waals surface area contributed by atoms with E-state index in [9.17, 15) is 4.79 Å². The van der Waals surface area contributed by atoms with E-state index in [1.54, 1.807) is 0 Å². The van der Waals surface area contributed by atoms with Crippen molar-refractivity contribution in [2.45, 2.75) is 52.6 Å². The number of aromatic nitrogens is 2. The number of carbonyl (C=O) groups is 1. The fourth-order valence-electron chi connectivity index (χ4n) is 3.94. The summed E-state index contributed by atoms with van der Waals surface area (Å²) in [7, 11) is 2.03. The summed E-state index contributed by atoms with van der Waals surface area (Å²) < 4.78 is 2.07. The highest BCUT2D eigenvalue weighted by atomic mass is 16.1. The van der Waals surface area contributed by atoms with Crippen LogP contribution in [0.15, 0.2) is 42.7 Å². The minimum atomic E-state index is 0.0688. The predicted molar refractivity (Wildman–Crippen MR) is 113 cm³/mol. The Balaban J connectivity index is 1.56. The minimum absolute atomic E-state index is 0.0688. The molecule has 1 aromatic carbocycles. The normalized spacial score (nSPS) is 17.4. The van der Waals surface area contributed by atoms with Gasteiger partial charge in [-0.2, -0.15) is 0 Å². The zero-order valence-electron chi connectivity index (χ0n) is 17.7. The number of piperidine rings is 1. The second kappa shape index (κ2) is 8.91. The van der Waals surface area contributed by atoms with E-state index in [0.717, 1.165) is 44.7 Å². The molecule has 2 aromatic rings. The van der Waals surface area contributed by atoms with Crippen molar-refractivity contribution in [2.75, 3.05) is 13.1 Å². The Labute approximate surface area is 169 Å². The third-order valence-electron chi connectivity index (χ3n) is 5.58. The average molecular weight is 383 g/mol. The highest BCUT2D eigenvalue weighted by Gasteiger charge is 2.28. The maximum absolute atomic E-state index is 13.0. The number of hydrogen-bond acceptors (Lipinski definition) is 3. The summed E-state index contributed by atoms with van der Waals surface area (Å²) in [6, 6.07) is 10.4. The highest BCUT2D eigenvalue weighted by molar-refractivity contribution is 5.79. The lowest BCUT2D eigenvalue weighted by Gasteiger charge is -2.33. The van der Waals surface area contributed by atoms with Gasteiger partial charge in [0.25, 0.3) is 0 Å². The van der Waals surface area contributed by atoms with E-state index in [-0.39, 0.29) is 23.3 Å². The molecule has 2 heterocycles. The smallest absolute Gasteiger partial charge is 0.223 e. The van der Waals surface area contributed by atoms with Crippen LogP contribution in [0.5, 0.6) is 0 Å². The van der Waals surface area contributed by atoms with Crippen molar-refractivity contribution in [3.8, 4) is 0 Å². The molecule has 28 heavy (non-hydrogen) atoms. The van der Waals surface area contributed by atoms with E-state index in [2.05, 4.69) is 52.7 Å². The number of nitrogens with one attached hydrogen (secondary N) is 1. The van der Waals surface area contributed by atoms with Crippen LogP contribution in [0.1, 0.15) is 57.5 Å². The Kier molecular flexibility index (Phi) is 6.55. The van der Waals surface area contributed by atoms with Crippen molar-refractivity contribution >= 4 is 5.91 Å². The van der Waals surface area contributed by atoms with E-state index >= 15 is 0 Å². The van der Waals surface area contributed by atoms with Crippen LogP contribution in [0.3, 0.4) is 0 Å². The van der Waals surface area contributed by atoms with Crippen LogP contribution >= 0.6 is 0 Å². The SMILES string of the molecule is Cn1ccnc1CN1CCC(C(=O)NC(CC(C)(C)C)c2ccccc2)CC1. The third kappa shape index (κ3) is 5.68. The maximum atomic E-state index is 13.0. The van der Waals surface area contributed by atoms with E-state index < -0.39 is 0 Å². The fourth-order valence-corrected chi connectivity index (χ4v) is 3.94. The molecule has 1 aliphatic rings. The van der Waals surface area contributed by atoms with Gasteiger partial charge in [-0.05, 0) is 43.3 Å². The van der Waals surface area contributed by atoms with Gasteiger partial charge in [-0.25, -0.2) is 4.98 Å². The van der Waals surface area contributed by atoms with Gasteiger partial charge in [0, 0.05) is 25.4 Å². The Morgan fingerprint density at radius 1 is 1.21 bits per heavy atom. The van der Waals surface area contributed by atoms with E-state index in [0.29, 0.717) is 0 Å². The standard InChI is InChI=1S/C23H34N4O/c1-23(2,3)16-20(18-8-6-5-7-9-18)25-22(28)19-10-13-27(14-11-19)17-21-24-12-15-26(21)4/h5-9,12,15,19-20H,10-11,13-14,16-17H2,1-4H3,(H,25,28). The van der Waals surface area contributed by atoms with Crippen molar-refractivity contribution in [1.82, 2.24) is 19.8 Å². The number of benzene rings is 1. The molecule has 0 aliphatic carbocycles. The molecule has 1 fully saturated rings. The van der Waals surface area contributed by atoms with Gasteiger partial charge in [-0.1, -0.05) is 51.1 Å². The topological polar surface area (TPSA) is 50.2 Å². The van der Waals surface area contributed by atoms with Crippen LogP contribution in [0.4, 0.5) is 0 Å². The van der Waals surface area contributed by atoms with Gasteiger partial charge in [0.05, 0.1) is 12.6 Å². The second-order valence-electron chi connectivity index (χ2n) is 9.24. The lowest BCUT2D eigenvalue weighted by atomic mass is 9.85. The minimum Gasteiger partial charge on any atom is -0.349 e. The summed E-state index contributed by atoms with van der Waals surface area (Å²) in [6.45, 7) is 9.43. The van der Waals surface area contributed by atoms with Crippen molar-refractivity contribution in [3.05, 3.63) is 54.1 Å². The number of carbonyl (C=O) groups excluding carboxylic acids is 1. The molecular formula is C23H34N4O. The first-order valence-electron chi connectivity index (χ1n) is 10.4. The Bertz CT molecular complexity index is 754. The summed E-state index contributed by atoms with van der Waals surface area (Å²) in [5.74, 6) is 1.38. The number of nitrogens with zero attached hydrogens (tertiary/aromatic N) is 3. The van der Waals surface area contributed by atoms with Crippen LogP contribution in [0.25, 0.3) is 0 Å². The van der Waals surface area contributed by atoms with Gasteiger partial charge >= 0.3 is 0 Å². The summed E-state index contributed by atoms with van der Waals surface area (Å²) >= 11 is 0. The summed E-state index contributed by atoms with van der Waals surface area (Å²) in [4.78, 5) is 19.8. The largest absolute Gasteiger partial charge is 0.349 e. The van der Waals surface area contributed by atoms with Gasteiger partial charge < -0.3 is 9.88 Å². The van der Waals surface area contributed by atoms with Crippen molar-refractivity contribution < 1.29 is 4.79 Å². The van der Waals surface area contributed by atoms with E-state index in [4.69, 9.17) is 0 Å². The van der Waals surface area contributed by atoms with Gasteiger partial charge in [0.2, 0.25) is 5.91 Å². The molecule has 3 rings (SSSR count). The Hall–Kier alpha value is -2.14. The average Bonchev–Trinajstić information content (AvgIpc) is 3.06. The molecule has 1 N–H and O–H groups in total. The number of hydrogen-bond donors (Lipinski definition) is 1. The van der Waals surface area contributed by atoms with Crippen molar-refractivity contribution in [3.63, 3.8) is 0 Å². The van der Waals surface area contributed by atoms with E-state index in [1.807, 2.05) is 37.6 Å². The van der Waals surface area contributed by atoms with Crippen molar-refractivity contribution in [2.24, 2.45) is 18.4 Å². The molecule has 5 heteroatoms. The zero-order valence-corrected chi connectivity index (χ0v) is 17.7. The van der Waals surface area contributed by atoms with Gasteiger partial charge in [-0.3, -0.25) is 9.69 Å². The molecule has 0 spiro atoms. The monoisotopic (exact) mass is 382 g/mol. The van der Waals surface area contributed by atoms with E-state index in [1.165, 1.54) is 5.56 Å². The zero-order chi connectivity index (χ0) is 20.1. The number of amides is 1. The number of imidazole rings is 1. The highest BCUT2D eigenvalue weighted by Crippen LogP contribution is 2.30. The number of likely N-dealkylation sites (tertiary alicyclic amines) is 1. The van der Waals surface area contributed by atoms with Crippen LogP contribution < -0.4 is 5.32 Å². The molecular weight excluding hydrogens is 348 g/mol. The summed E-state index contributed by atoms with van der Waals surface area (Å²) in [6.07, 6.45) is 6.57. The van der Waals surface area contributed by atoms with Gasteiger partial charge in [0.15, 0.2) is 0 Å². The first-order chi connectivity index (χ1) is 13.3. The predicted octanol–water partition coefficient (Wildman–Crippen LogP) is 3.93. The van der Waals surface area contributed by atoms with Gasteiger partial charge in [0.1, 0.15) is 5.82 Å². The quantitative estimate of drug-likeness (QED) is 0.824. The molecule has 5 nitrogen and oxygen atoms in total. The lowest BCUT2D eigenvalue weighted by molar-refractivity contribution is -0.127. The van der Waals surface area contributed by atoms with Crippen LogP contribution in [-0.2, 0) is 18.4 Å². The summed E-state index contributed by atoms with van der Waals surface area (Å²) in [5.41, 5.74) is 1.34. The first kappa shape index (κ1) is 20.6. The Morgan fingerprint density at radius 2 is 1.89 bits per heavy atom. The Morgan fingerprint density at radius 3 is 2.46 bits per heavy atom. The summed E-state index contributed by atoms with van der Waals surface area (Å²) in [5, 5.41) is 3.36. The molecule has 0 radical (unpaired) electrons. The van der Waals surface area contributed by atoms with Gasteiger partial charge in [-0.15, -0.1) is 0 Å². The lowest BCUT2D eigenvalue weighted by Crippen LogP contribution is -2.42. The number of aryl methyl sites for hydroxylation is 1. The molecule has 152 valence electrons. The fraction of sp³-hybridized carbons (Fsp3) is 0.565. The molecule has 1 aliphatic heterocycles. The molecule has 1 unspecified atom stereocenters. The molecule has 0 saturated carbocycles. The van der Waals surface area contributed by atoms with Crippen LogP contribution in [-0.4, -0.2) is 33.4 Å². The maximum Gasteiger partial charge on any atom is 0.223 e. The molecule has 1 amide bonds. The van der Waals surface area contributed by atoms with Crippen LogP contribution in [0.2, 0.25) is 0 Å². The third-order valence-corrected chi connectivity index (χ3v) is 5.58. The van der Waals surface area contributed by atoms with Crippen molar-refractivity contribution in [1.29, 1.82) is 0 Å². The molecule has 0 bridgehead atoms.